The largest absolute Gasteiger partial charge is 0.444 e. The summed E-state index contributed by atoms with van der Waals surface area (Å²) in [6.07, 6.45) is -0.889. The van der Waals surface area contributed by atoms with Crippen LogP contribution >= 0.6 is 0 Å². The lowest BCUT2D eigenvalue weighted by Crippen LogP contribution is -2.35. The van der Waals surface area contributed by atoms with Gasteiger partial charge in [0, 0.05) is 12.5 Å². The standard InChI is InChI=1S/C15H21NO3/c1-15(2,3)19-14(18)16-9-12(13(17)10-16)11-7-5-4-6-8-11/h4-8,12-13,17H,9-10H2,1-3H3/t12-,13?/m1/s1. The molecule has 0 radical (unpaired) electrons. The van der Waals surface area contributed by atoms with Crippen LogP contribution < -0.4 is 0 Å². The third kappa shape index (κ3) is 3.47. The van der Waals surface area contributed by atoms with E-state index in [4.69, 9.17) is 4.74 Å². The van der Waals surface area contributed by atoms with Crippen LogP contribution in [0.15, 0.2) is 30.3 Å². The van der Waals surface area contributed by atoms with Crippen molar-refractivity contribution in [2.75, 3.05) is 13.1 Å². The van der Waals surface area contributed by atoms with Crippen LogP contribution in [0.1, 0.15) is 32.3 Å². The fourth-order valence-electron chi connectivity index (χ4n) is 2.29. The number of rotatable bonds is 1. The molecule has 4 heteroatoms. The molecule has 1 fully saturated rings. The minimum Gasteiger partial charge on any atom is -0.444 e. The number of carbonyl (C=O) groups is 1. The van der Waals surface area contributed by atoms with E-state index in [-0.39, 0.29) is 12.0 Å². The smallest absolute Gasteiger partial charge is 0.410 e. The molecule has 1 aromatic rings. The van der Waals surface area contributed by atoms with E-state index in [1.807, 2.05) is 51.1 Å². The van der Waals surface area contributed by atoms with Gasteiger partial charge < -0.3 is 14.7 Å². The fourth-order valence-corrected chi connectivity index (χ4v) is 2.29. The second-order valence-corrected chi connectivity index (χ2v) is 5.97. The van der Waals surface area contributed by atoms with Gasteiger partial charge in [-0.25, -0.2) is 4.79 Å². The molecule has 2 atom stereocenters. The molecule has 1 heterocycles. The molecule has 1 saturated heterocycles. The summed E-state index contributed by atoms with van der Waals surface area (Å²) >= 11 is 0. The van der Waals surface area contributed by atoms with E-state index in [0.717, 1.165) is 5.56 Å². The number of ether oxygens (including phenoxy) is 1. The summed E-state index contributed by atoms with van der Waals surface area (Å²) in [6, 6.07) is 9.78. The van der Waals surface area contributed by atoms with Crippen molar-refractivity contribution in [3.05, 3.63) is 35.9 Å². The molecule has 1 aliphatic rings. The van der Waals surface area contributed by atoms with Crippen molar-refractivity contribution in [2.45, 2.75) is 38.4 Å². The van der Waals surface area contributed by atoms with Gasteiger partial charge in [0.15, 0.2) is 0 Å². The van der Waals surface area contributed by atoms with Gasteiger partial charge in [-0.3, -0.25) is 0 Å². The molecule has 4 nitrogen and oxygen atoms in total. The highest BCUT2D eigenvalue weighted by Gasteiger charge is 2.36. The molecule has 1 N–H and O–H groups in total. The minimum absolute atomic E-state index is 0.0336. The van der Waals surface area contributed by atoms with Gasteiger partial charge >= 0.3 is 6.09 Å². The SMILES string of the molecule is CC(C)(C)OC(=O)N1CC(O)[C@@H](c2ccccc2)C1. The number of hydrogen-bond donors (Lipinski definition) is 1. The van der Waals surface area contributed by atoms with E-state index >= 15 is 0 Å². The van der Waals surface area contributed by atoms with Crippen molar-refractivity contribution in [1.29, 1.82) is 0 Å². The lowest BCUT2D eigenvalue weighted by molar-refractivity contribution is 0.0270. The van der Waals surface area contributed by atoms with E-state index in [1.165, 1.54) is 0 Å². The Bertz CT molecular complexity index is 438. The van der Waals surface area contributed by atoms with E-state index in [1.54, 1.807) is 4.90 Å². The maximum Gasteiger partial charge on any atom is 0.410 e. The van der Waals surface area contributed by atoms with Crippen LogP contribution in [0.25, 0.3) is 0 Å². The zero-order valence-electron chi connectivity index (χ0n) is 11.7. The number of aliphatic hydroxyl groups is 1. The molecule has 0 bridgehead atoms. The van der Waals surface area contributed by atoms with E-state index in [9.17, 15) is 9.90 Å². The Labute approximate surface area is 114 Å². The van der Waals surface area contributed by atoms with Crippen LogP contribution in [0.5, 0.6) is 0 Å². The second-order valence-electron chi connectivity index (χ2n) is 5.97. The van der Waals surface area contributed by atoms with E-state index < -0.39 is 11.7 Å². The summed E-state index contributed by atoms with van der Waals surface area (Å²) < 4.78 is 5.33. The highest BCUT2D eigenvalue weighted by molar-refractivity contribution is 5.68. The summed E-state index contributed by atoms with van der Waals surface area (Å²) in [5, 5.41) is 10.1. The Balaban J connectivity index is 2.04. The summed E-state index contributed by atoms with van der Waals surface area (Å²) in [5.41, 5.74) is 0.549. The molecule has 1 unspecified atom stereocenters. The third-order valence-corrected chi connectivity index (χ3v) is 3.17. The molecule has 0 saturated carbocycles. The Kier molecular flexibility index (Phi) is 3.80. The van der Waals surface area contributed by atoms with Crippen LogP contribution in [-0.2, 0) is 4.74 Å². The summed E-state index contributed by atoms with van der Waals surface area (Å²) in [5.74, 6) is -0.0336. The third-order valence-electron chi connectivity index (χ3n) is 3.17. The van der Waals surface area contributed by atoms with Crippen LogP contribution in [0.3, 0.4) is 0 Å². The molecular weight excluding hydrogens is 242 g/mol. The molecule has 104 valence electrons. The number of hydrogen-bond acceptors (Lipinski definition) is 3. The highest BCUT2D eigenvalue weighted by Crippen LogP contribution is 2.28. The van der Waals surface area contributed by atoms with Crippen molar-refractivity contribution in [2.24, 2.45) is 0 Å². The average molecular weight is 263 g/mol. The molecule has 1 aromatic carbocycles. The van der Waals surface area contributed by atoms with Crippen molar-refractivity contribution < 1.29 is 14.6 Å². The number of nitrogens with zero attached hydrogens (tertiary/aromatic N) is 1. The maximum absolute atomic E-state index is 12.0. The van der Waals surface area contributed by atoms with Gasteiger partial charge in [-0.15, -0.1) is 0 Å². The van der Waals surface area contributed by atoms with Crippen LogP contribution in [0, 0.1) is 0 Å². The topological polar surface area (TPSA) is 49.8 Å². The lowest BCUT2D eigenvalue weighted by Gasteiger charge is -2.24. The highest BCUT2D eigenvalue weighted by atomic mass is 16.6. The van der Waals surface area contributed by atoms with Crippen LogP contribution in [-0.4, -0.2) is 40.9 Å². The number of amides is 1. The summed E-state index contributed by atoms with van der Waals surface area (Å²) in [4.78, 5) is 13.6. The molecular formula is C15H21NO3. The number of carbonyl (C=O) groups excluding carboxylic acids is 1. The molecule has 19 heavy (non-hydrogen) atoms. The van der Waals surface area contributed by atoms with Gasteiger partial charge in [0.05, 0.1) is 12.6 Å². The zero-order chi connectivity index (χ0) is 14.0. The van der Waals surface area contributed by atoms with Crippen LogP contribution in [0.4, 0.5) is 4.79 Å². The number of aliphatic hydroxyl groups excluding tert-OH is 1. The summed E-state index contributed by atoms with van der Waals surface area (Å²) in [7, 11) is 0. The number of benzene rings is 1. The van der Waals surface area contributed by atoms with Gasteiger partial charge in [0.1, 0.15) is 5.60 Å². The molecule has 0 spiro atoms. The first-order valence-electron chi connectivity index (χ1n) is 6.58. The first-order chi connectivity index (χ1) is 8.87. The fraction of sp³-hybridized carbons (Fsp3) is 0.533. The molecule has 2 rings (SSSR count). The van der Waals surface area contributed by atoms with Crippen molar-refractivity contribution in [3.8, 4) is 0 Å². The number of likely N-dealkylation sites (tertiary alicyclic amines) is 1. The van der Waals surface area contributed by atoms with Gasteiger partial charge in [-0.1, -0.05) is 30.3 Å². The molecule has 0 aliphatic carbocycles. The van der Waals surface area contributed by atoms with Crippen molar-refractivity contribution >= 4 is 6.09 Å². The van der Waals surface area contributed by atoms with E-state index in [0.29, 0.717) is 13.1 Å². The second kappa shape index (κ2) is 5.21. The lowest BCUT2D eigenvalue weighted by atomic mass is 9.96. The Morgan fingerprint density at radius 2 is 1.89 bits per heavy atom. The first-order valence-corrected chi connectivity index (χ1v) is 6.58. The molecule has 0 aromatic heterocycles. The van der Waals surface area contributed by atoms with Gasteiger partial charge in [0.2, 0.25) is 0 Å². The number of β-amino-alcohol motifs (C(OH)–C–C–N with tert-alkyl or cyclic N) is 1. The predicted octanol–water partition coefficient (Wildman–Crippen LogP) is 2.38. The monoisotopic (exact) mass is 263 g/mol. The average Bonchev–Trinajstić information content (AvgIpc) is 2.70. The molecule has 1 aliphatic heterocycles. The Morgan fingerprint density at radius 1 is 1.26 bits per heavy atom. The maximum atomic E-state index is 12.0. The van der Waals surface area contributed by atoms with Crippen molar-refractivity contribution in [3.63, 3.8) is 0 Å². The molecule has 1 amide bonds. The Morgan fingerprint density at radius 3 is 2.47 bits per heavy atom. The predicted molar refractivity (Wildman–Crippen MR) is 73.0 cm³/mol. The van der Waals surface area contributed by atoms with E-state index in [2.05, 4.69) is 0 Å². The Hall–Kier alpha value is -1.55. The first kappa shape index (κ1) is 13.9. The minimum atomic E-state index is -0.532. The van der Waals surface area contributed by atoms with Crippen LogP contribution in [0.2, 0.25) is 0 Å². The van der Waals surface area contributed by atoms with Gasteiger partial charge in [0.25, 0.3) is 0 Å². The van der Waals surface area contributed by atoms with Crippen molar-refractivity contribution in [1.82, 2.24) is 4.90 Å². The van der Waals surface area contributed by atoms with Gasteiger partial charge in [-0.05, 0) is 26.3 Å². The summed E-state index contributed by atoms with van der Waals surface area (Å²) in [6.45, 7) is 6.35. The normalized spacial score (nSPS) is 23.5. The van der Waals surface area contributed by atoms with Gasteiger partial charge in [-0.2, -0.15) is 0 Å². The quantitative estimate of drug-likeness (QED) is 0.846. The zero-order valence-corrected chi connectivity index (χ0v) is 11.7.